The quantitative estimate of drug-likeness (QED) is 0.588. The van der Waals surface area contributed by atoms with Gasteiger partial charge in [-0.05, 0) is 6.42 Å². The van der Waals surface area contributed by atoms with Crippen LogP contribution in [-0.2, 0) is 9.53 Å². The first-order valence-electron chi connectivity index (χ1n) is 3.26. The van der Waals surface area contributed by atoms with Gasteiger partial charge in [0, 0.05) is 6.61 Å². The Hall–Kier alpha value is -0.280. The molecule has 1 amide bonds. The van der Waals surface area contributed by atoms with Gasteiger partial charge in [-0.3, -0.25) is 4.79 Å². The van der Waals surface area contributed by atoms with Crippen LogP contribution in [-0.4, -0.2) is 31.0 Å². The van der Waals surface area contributed by atoms with Crippen molar-refractivity contribution < 1.29 is 9.53 Å². The lowest BCUT2D eigenvalue weighted by atomic mass is 10.3. The largest absolute Gasteiger partial charge is 0.379 e. The third-order valence-electron chi connectivity index (χ3n) is 1.42. The summed E-state index contributed by atoms with van der Waals surface area (Å²) in [6.07, 6.45) is 0.905. The number of halogens is 1. The molecule has 1 heterocycles. The molecule has 1 atom stereocenters. The summed E-state index contributed by atoms with van der Waals surface area (Å²) >= 11 is 5.28. The number of nitrogens with one attached hydrogen (secondary N) is 1. The maximum absolute atomic E-state index is 10.7. The van der Waals surface area contributed by atoms with Crippen LogP contribution < -0.4 is 5.32 Å². The number of ether oxygens (including phenoxy) is 1. The first-order valence-corrected chi connectivity index (χ1v) is 3.79. The number of carbonyl (C=O) groups is 1. The summed E-state index contributed by atoms with van der Waals surface area (Å²) in [6.45, 7) is 1.37. The summed E-state index contributed by atoms with van der Waals surface area (Å²) in [5.41, 5.74) is 0. The lowest BCUT2D eigenvalue weighted by molar-refractivity contribution is -0.119. The van der Waals surface area contributed by atoms with Gasteiger partial charge in [0.1, 0.15) is 5.88 Å². The number of amides is 1. The van der Waals surface area contributed by atoms with Crippen molar-refractivity contribution in [1.29, 1.82) is 0 Å². The molecule has 0 aliphatic carbocycles. The van der Waals surface area contributed by atoms with Crippen molar-refractivity contribution >= 4 is 17.5 Å². The Bertz CT molecular complexity index is 123. The molecular formula is C6H10ClNO2. The van der Waals surface area contributed by atoms with Gasteiger partial charge < -0.3 is 10.1 Å². The SMILES string of the molecule is O=C(CCl)N[C@H]1CCOC1. The lowest BCUT2D eigenvalue weighted by Crippen LogP contribution is -2.35. The van der Waals surface area contributed by atoms with Crippen molar-refractivity contribution in [2.24, 2.45) is 0 Å². The van der Waals surface area contributed by atoms with Crippen molar-refractivity contribution in [2.75, 3.05) is 19.1 Å². The number of rotatable bonds is 2. The van der Waals surface area contributed by atoms with Gasteiger partial charge in [0.05, 0.1) is 12.6 Å². The summed E-state index contributed by atoms with van der Waals surface area (Å²) in [7, 11) is 0. The number of carbonyl (C=O) groups excluding carboxylic acids is 1. The van der Waals surface area contributed by atoms with Crippen LogP contribution in [0.25, 0.3) is 0 Å². The number of alkyl halides is 1. The van der Waals surface area contributed by atoms with Crippen molar-refractivity contribution in [3.05, 3.63) is 0 Å². The molecule has 0 spiro atoms. The fourth-order valence-corrected chi connectivity index (χ4v) is 0.992. The minimum Gasteiger partial charge on any atom is -0.379 e. The molecule has 0 aromatic heterocycles. The van der Waals surface area contributed by atoms with Gasteiger partial charge in [-0.25, -0.2) is 0 Å². The molecule has 1 rings (SSSR count). The molecule has 0 aromatic carbocycles. The minimum absolute atomic E-state index is 0.0382. The van der Waals surface area contributed by atoms with Crippen LogP contribution in [0.15, 0.2) is 0 Å². The second kappa shape index (κ2) is 3.78. The molecule has 0 unspecified atom stereocenters. The average Bonchev–Trinajstić information content (AvgIpc) is 2.40. The number of hydrogen-bond acceptors (Lipinski definition) is 2. The predicted molar refractivity (Wildman–Crippen MR) is 38.1 cm³/mol. The fourth-order valence-electron chi connectivity index (χ4n) is 0.915. The molecule has 3 nitrogen and oxygen atoms in total. The Morgan fingerprint density at radius 2 is 2.60 bits per heavy atom. The third-order valence-corrected chi connectivity index (χ3v) is 1.66. The molecule has 0 saturated carbocycles. The first-order chi connectivity index (χ1) is 4.83. The molecule has 0 bridgehead atoms. The van der Waals surface area contributed by atoms with E-state index in [1.807, 2.05) is 0 Å². The summed E-state index contributed by atoms with van der Waals surface area (Å²) < 4.78 is 5.04. The summed E-state index contributed by atoms with van der Waals surface area (Å²) in [5, 5.41) is 2.73. The van der Waals surface area contributed by atoms with Crippen LogP contribution in [0, 0.1) is 0 Å². The highest BCUT2D eigenvalue weighted by atomic mass is 35.5. The van der Waals surface area contributed by atoms with E-state index in [1.165, 1.54) is 0 Å². The summed E-state index contributed by atoms with van der Waals surface area (Å²) in [5.74, 6) is -0.0755. The molecule has 0 aromatic rings. The van der Waals surface area contributed by atoms with Crippen LogP contribution in [0.5, 0.6) is 0 Å². The zero-order valence-electron chi connectivity index (χ0n) is 5.60. The highest BCUT2D eigenvalue weighted by Gasteiger charge is 2.16. The van der Waals surface area contributed by atoms with Crippen LogP contribution in [0.4, 0.5) is 0 Å². The molecule has 0 radical (unpaired) electrons. The van der Waals surface area contributed by atoms with Crippen LogP contribution in [0.1, 0.15) is 6.42 Å². The maximum atomic E-state index is 10.7. The highest BCUT2D eigenvalue weighted by Crippen LogP contribution is 2.02. The van der Waals surface area contributed by atoms with E-state index in [9.17, 15) is 4.79 Å². The molecule has 1 saturated heterocycles. The Morgan fingerprint density at radius 1 is 1.80 bits per heavy atom. The summed E-state index contributed by atoms with van der Waals surface area (Å²) in [4.78, 5) is 10.7. The summed E-state index contributed by atoms with van der Waals surface area (Å²) in [6, 6.07) is 0.186. The van der Waals surface area contributed by atoms with Gasteiger partial charge in [0.15, 0.2) is 0 Å². The van der Waals surface area contributed by atoms with Gasteiger partial charge in [0.2, 0.25) is 5.91 Å². The van der Waals surface area contributed by atoms with E-state index < -0.39 is 0 Å². The van der Waals surface area contributed by atoms with Crippen LogP contribution >= 0.6 is 11.6 Å². The van der Waals surface area contributed by atoms with Crippen molar-refractivity contribution in [2.45, 2.75) is 12.5 Å². The smallest absolute Gasteiger partial charge is 0.235 e. The Labute approximate surface area is 64.7 Å². The van der Waals surface area contributed by atoms with E-state index in [-0.39, 0.29) is 17.8 Å². The molecule has 1 aliphatic rings. The van der Waals surface area contributed by atoms with E-state index >= 15 is 0 Å². The minimum atomic E-state index is -0.114. The predicted octanol–water partition coefficient (Wildman–Crippen LogP) is 0.130. The molecule has 1 aliphatic heterocycles. The van der Waals surface area contributed by atoms with Gasteiger partial charge >= 0.3 is 0 Å². The van der Waals surface area contributed by atoms with E-state index in [2.05, 4.69) is 5.32 Å². The normalized spacial score (nSPS) is 24.7. The van der Waals surface area contributed by atoms with Crippen LogP contribution in [0.3, 0.4) is 0 Å². The van der Waals surface area contributed by atoms with Crippen LogP contribution in [0.2, 0.25) is 0 Å². The third kappa shape index (κ3) is 2.15. The lowest BCUT2D eigenvalue weighted by Gasteiger charge is -2.07. The Morgan fingerprint density at radius 3 is 3.10 bits per heavy atom. The Kier molecular flexibility index (Phi) is 2.96. The van der Waals surface area contributed by atoms with Gasteiger partial charge in [-0.1, -0.05) is 0 Å². The van der Waals surface area contributed by atoms with Crippen molar-refractivity contribution in [3.8, 4) is 0 Å². The highest BCUT2D eigenvalue weighted by molar-refractivity contribution is 6.27. The number of hydrogen-bond donors (Lipinski definition) is 1. The topological polar surface area (TPSA) is 38.3 Å². The van der Waals surface area contributed by atoms with Crippen molar-refractivity contribution in [3.63, 3.8) is 0 Å². The zero-order valence-corrected chi connectivity index (χ0v) is 6.36. The Balaban J connectivity index is 2.17. The monoisotopic (exact) mass is 163 g/mol. The van der Waals surface area contributed by atoms with E-state index in [4.69, 9.17) is 16.3 Å². The first kappa shape index (κ1) is 7.82. The van der Waals surface area contributed by atoms with Crippen molar-refractivity contribution in [1.82, 2.24) is 5.32 Å². The molecule has 10 heavy (non-hydrogen) atoms. The molecule has 4 heteroatoms. The van der Waals surface area contributed by atoms with E-state index in [0.29, 0.717) is 6.61 Å². The second-order valence-electron chi connectivity index (χ2n) is 2.26. The second-order valence-corrected chi connectivity index (χ2v) is 2.53. The van der Waals surface area contributed by atoms with Gasteiger partial charge in [0.25, 0.3) is 0 Å². The fraction of sp³-hybridized carbons (Fsp3) is 0.833. The molecule has 58 valence electrons. The zero-order chi connectivity index (χ0) is 7.40. The molecular weight excluding hydrogens is 154 g/mol. The average molecular weight is 164 g/mol. The van der Waals surface area contributed by atoms with E-state index in [0.717, 1.165) is 13.0 Å². The molecule has 1 fully saturated rings. The standard InChI is InChI=1S/C6H10ClNO2/c7-3-6(9)8-5-1-2-10-4-5/h5H,1-4H2,(H,8,9)/t5-/m0/s1. The maximum Gasteiger partial charge on any atom is 0.235 e. The van der Waals surface area contributed by atoms with E-state index in [1.54, 1.807) is 0 Å². The van der Waals surface area contributed by atoms with Gasteiger partial charge in [-0.15, -0.1) is 11.6 Å². The molecule has 1 N–H and O–H groups in total. The van der Waals surface area contributed by atoms with Gasteiger partial charge in [-0.2, -0.15) is 0 Å².